The summed E-state index contributed by atoms with van der Waals surface area (Å²) in [7, 11) is 0. The summed E-state index contributed by atoms with van der Waals surface area (Å²) in [5.74, 6) is 0.522. The van der Waals surface area contributed by atoms with Crippen LogP contribution in [0.5, 0.6) is 0 Å². The molecule has 0 unspecified atom stereocenters. The Balaban J connectivity index is 1.51. The van der Waals surface area contributed by atoms with Gasteiger partial charge in [-0.15, -0.1) is 0 Å². The Morgan fingerprint density at radius 3 is 3.00 bits per heavy atom. The summed E-state index contributed by atoms with van der Waals surface area (Å²) in [6.07, 6.45) is 1.71. The number of morpholine rings is 1. The van der Waals surface area contributed by atoms with Crippen LogP contribution in [0.3, 0.4) is 0 Å². The lowest BCUT2D eigenvalue weighted by molar-refractivity contribution is 0.0396. The van der Waals surface area contributed by atoms with Crippen molar-refractivity contribution in [3.63, 3.8) is 0 Å². The zero-order valence-corrected chi connectivity index (χ0v) is 13.9. The molecule has 0 saturated carbocycles. The molecule has 1 aliphatic heterocycles. The van der Waals surface area contributed by atoms with Crippen LogP contribution < -0.4 is 10.2 Å². The van der Waals surface area contributed by atoms with Gasteiger partial charge in [-0.05, 0) is 18.6 Å². The van der Waals surface area contributed by atoms with Crippen molar-refractivity contribution in [2.24, 2.45) is 0 Å². The van der Waals surface area contributed by atoms with Crippen LogP contribution in [0.2, 0.25) is 0 Å². The molecule has 1 aliphatic rings. The topological polar surface area (TPSA) is 67.6 Å². The van der Waals surface area contributed by atoms with Crippen molar-refractivity contribution in [3.05, 3.63) is 47.9 Å². The molecule has 1 saturated heterocycles. The summed E-state index contributed by atoms with van der Waals surface area (Å²) in [6, 6.07) is 11.9. The van der Waals surface area contributed by atoms with E-state index in [1.54, 1.807) is 6.07 Å². The molecule has 6 nitrogen and oxygen atoms in total. The van der Waals surface area contributed by atoms with Gasteiger partial charge in [-0.2, -0.15) is 0 Å². The fourth-order valence-corrected chi connectivity index (χ4v) is 2.80. The molecule has 1 aromatic heterocycles. The van der Waals surface area contributed by atoms with Crippen LogP contribution in [0.4, 0.5) is 5.69 Å². The van der Waals surface area contributed by atoms with Crippen LogP contribution >= 0.6 is 0 Å². The number of anilines is 1. The number of carbonyl (C=O) groups excluding carboxylic acids is 1. The van der Waals surface area contributed by atoms with E-state index < -0.39 is 0 Å². The van der Waals surface area contributed by atoms with Gasteiger partial charge >= 0.3 is 0 Å². The number of aromatic nitrogens is 1. The van der Waals surface area contributed by atoms with Gasteiger partial charge in [0.15, 0.2) is 5.69 Å². The van der Waals surface area contributed by atoms with Crippen molar-refractivity contribution >= 4 is 11.6 Å². The van der Waals surface area contributed by atoms with Crippen molar-refractivity contribution in [2.45, 2.75) is 25.9 Å². The lowest BCUT2D eigenvalue weighted by Crippen LogP contribution is -2.47. The first-order chi connectivity index (χ1) is 11.8. The van der Waals surface area contributed by atoms with E-state index in [1.807, 2.05) is 18.2 Å². The van der Waals surface area contributed by atoms with E-state index >= 15 is 0 Å². The Morgan fingerprint density at radius 1 is 1.38 bits per heavy atom. The molecule has 0 aliphatic carbocycles. The molecule has 1 fully saturated rings. The number of hydrogen-bond acceptors (Lipinski definition) is 5. The Hall–Kier alpha value is -2.34. The van der Waals surface area contributed by atoms with Crippen LogP contribution in [0.15, 0.2) is 40.9 Å². The zero-order valence-electron chi connectivity index (χ0n) is 13.9. The monoisotopic (exact) mass is 329 g/mol. The molecule has 6 heteroatoms. The second-order valence-corrected chi connectivity index (χ2v) is 5.91. The van der Waals surface area contributed by atoms with E-state index in [4.69, 9.17) is 9.26 Å². The zero-order chi connectivity index (χ0) is 16.8. The third kappa shape index (κ3) is 4.14. The van der Waals surface area contributed by atoms with E-state index in [1.165, 1.54) is 5.69 Å². The second-order valence-electron chi connectivity index (χ2n) is 5.91. The first kappa shape index (κ1) is 16.5. The van der Waals surface area contributed by atoms with Crippen molar-refractivity contribution in [1.29, 1.82) is 0 Å². The van der Waals surface area contributed by atoms with Gasteiger partial charge in [0.05, 0.1) is 12.7 Å². The summed E-state index contributed by atoms with van der Waals surface area (Å²) in [5, 5.41) is 6.71. The highest BCUT2D eigenvalue weighted by Crippen LogP contribution is 2.16. The number of benzene rings is 1. The van der Waals surface area contributed by atoms with E-state index in [0.29, 0.717) is 18.8 Å². The minimum atomic E-state index is -0.221. The fraction of sp³-hybridized carbons (Fsp3) is 0.444. The summed E-state index contributed by atoms with van der Waals surface area (Å²) in [4.78, 5) is 14.4. The molecule has 0 bridgehead atoms. The number of nitrogens with one attached hydrogen (secondary N) is 1. The molecule has 128 valence electrons. The molecule has 2 heterocycles. The predicted molar refractivity (Wildman–Crippen MR) is 91.2 cm³/mol. The quantitative estimate of drug-likeness (QED) is 0.880. The second kappa shape index (κ2) is 7.97. The summed E-state index contributed by atoms with van der Waals surface area (Å²) in [5.41, 5.74) is 1.51. The molecule has 1 N–H and O–H groups in total. The smallest absolute Gasteiger partial charge is 0.273 e. The van der Waals surface area contributed by atoms with Crippen LogP contribution in [-0.4, -0.2) is 43.4 Å². The highest BCUT2D eigenvalue weighted by Gasteiger charge is 2.22. The van der Waals surface area contributed by atoms with Gasteiger partial charge in [-0.1, -0.05) is 30.3 Å². The number of rotatable bonds is 6. The van der Waals surface area contributed by atoms with Gasteiger partial charge in [0.2, 0.25) is 0 Å². The number of ether oxygens (including phenoxy) is 1. The Bertz CT molecular complexity index is 657. The van der Waals surface area contributed by atoms with Gasteiger partial charge in [0.25, 0.3) is 5.91 Å². The van der Waals surface area contributed by atoms with E-state index in [0.717, 1.165) is 31.7 Å². The normalized spacial score (nSPS) is 17.7. The fourth-order valence-electron chi connectivity index (χ4n) is 2.80. The van der Waals surface area contributed by atoms with Crippen LogP contribution in [-0.2, 0) is 11.2 Å². The third-order valence-corrected chi connectivity index (χ3v) is 4.04. The van der Waals surface area contributed by atoms with E-state index in [9.17, 15) is 4.79 Å². The number of amides is 1. The molecule has 1 aromatic carbocycles. The van der Waals surface area contributed by atoms with Crippen molar-refractivity contribution in [1.82, 2.24) is 10.5 Å². The van der Waals surface area contributed by atoms with Gasteiger partial charge in [0.1, 0.15) is 5.76 Å². The van der Waals surface area contributed by atoms with Gasteiger partial charge < -0.3 is 19.5 Å². The first-order valence-corrected chi connectivity index (χ1v) is 8.41. The minimum absolute atomic E-state index is 0.0371. The van der Waals surface area contributed by atoms with Crippen LogP contribution in [0.25, 0.3) is 0 Å². The Kier molecular flexibility index (Phi) is 5.48. The Morgan fingerprint density at radius 2 is 2.21 bits per heavy atom. The maximum absolute atomic E-state index is 12.2. The third-order valence-electron chi connectivity index (χ3n) is 4.04. The maximum Gasteiger partial charge on any atom is 0.273 e. The largest absolute Gasteiger partial charge is 0.373 e. The number of nitrogens with zero attached hydrogens (tertiary/aromatic N) is 2. The molecule has 0 radical (unpaired) electrons. The van der Waals surface area contributed by atoms with Crippen molar-refractivity contribution in [3.8, 4) is 0 Å². The van der Waals surface area contributed by atoms with E-state index in [2.05, 4.69) is 34.4 Å². The molecule has 3 rings (SSSR count). The lowest BCUT2D eigenvalue weighted by atomic mass is 10.2. The van der Waals surface area contributed by atoms with E-state index in [-0.39, 0.29) is 12.0 Å². The highest BCUT2D eigenvalue weighted by molar-refractivity contribution is 5.92. The van der Waals surface area contributed by atoms with Gasteiger partial charge in [-0.3, -0.25) is 4.79 Å². The predicted octanol–water partition coefficient (Wildman–Crippen LogP) is 2.26. The molecule has 24 heavy (non-hydrogen) atoms. The lowest BCUT2D eigenvalue weighted by Gasteiger charge is -2.34. The number of aryl methyl sites for hydroxylation is 1. The average Bonchev–Trinajstić information content (AvgIpc) is 3.10. The van der Waals surface area contributed by atoms with Gasteiger partial charge in [0, 0.05) is 37.8 Å². The van der Waals surface area contributed by atoms with Crippen LogP contribution in [0, 0.1) is 0 Å². The number of hydrogen-bond donors (Lipinski definition) is 1. The molecule has 2 aromatic rings. The van der Waals surface area contributed by atoms with Crippen molar-refractivity contribution < 1.29 is 14.1 Å². The number of carbonyl (C=O) groups is 1. The molecular weight excluding hydrogens is 306 g/mol. The summed E-state index contributed by atoms with van der Waals surface area (Å²) >= 11 is 0. The number of para-hydroxylation sites is 1. The highest BCUT2D eigenvalue weighted by atomic mass is 16.5. The summed E-state index contributed by atoms with van der Waals surface area (Å²) in [6.45, 7) is 4.78. The minimum Gasteiger partial charge on any atom is -0.373 e. The SMILES string of the molecule is CCCc1cc(C(=O)NC[C@@H]2CN(c3ccccc3)CCO2)no1. The average molecular weight is 329 g/mol. The summed E-state index contributed by atoms with van der Waals surface area (Å²) < 4.78 is 10.9. The molecule has 1 amide bonds. The van der Waals surface area contributed by atoms with Gasteiger partial charge in [-0.25, -0.2) is 0 Å². The molecular formula is C18H23N3O3. The Labute approximate surface area is 141 Å². The standard InChI is InChI=1S/C18H23N3O3/c1-2-6-15-11-17(20-24-15)18(22)19-12-16-13-21(9-10-23-16)14-7-4-3-5-8-14/h3-5,7-8,11,16H,2,6,9-10,12-13H2,1H3,(H,19,22)/t16-/m1/s1. The van der Waals surface area contributed by atoms with Crippen molar-refractivity contribution in [2.75, 3.05) is 31.1 Å². The first-order valence-electron chi connectivity index (χ1n) is 8.41. The van der Waals surface area contributed by atoms with Crippen LogP contribution in [0.1, 0.15) is 29.6 Å². The molecule has 1 atom stereocenters. The maximum atomic E-state index is 12.2. The molecule has 0 spiro atoms.